The molecule has 1 aromatic carbocycles. The lowest BCUT2D eigenvalue weighted by Gasteiger charge is -2.11. The van der Waals surface area contributed by atoms with Crippen molar-refractivity contribution in [2.45, 2.75) is 13.3 Å². The minimum atomic E-state index is -0.304. The van der Waals surface area contributed by atoms with Crippen molar-refractivity contribution in [3.05, 3.63) is 29.3 Å². The highest BCUT2D eigenvalue weighted by molar-refractivity contribution is 5.80. The van der Waals surface area contributed by atoms with Gasteiger partial charge in [-0.3, -0.25) is 9.59 Å². The average Bonchev–Trinajstić information content (AvgIpc) is 2.46. The Bertz CT molecular complexity index is 505. The zero-order valence-electron chi connectivity index (χ0n) is 11.8. The van der Waals surface area contributed by atoms with Crippen LogP contribution in [0.25, 0.3) is 6.08 Å². The third-order valence-electron chi connectivity index (χ3n) is 2.55. The topological polar surface area (TPSA) is 61.8 Å². The Balaban J connectivity index is 3.00. The predicted octanol–water partition coefficient (Wildman–Crippen LogP) is 2.48. The van der Waals surface area contributed by atoms with E-state index in [2.05, 4.69) is 0 Å². The molecule has 0 radical (unpaired) electrons. The first-order valence-corrected chi connectivity index (χ1v) is 6.19. The fraction of sp³-hybridized carbons (Fsp3) is 0.333. The Hall–Kier alpha value is -2.30. The van der Waals surface area contributed by atoms with Crippen LogP contribution in [0.2, 0.25) is 0 Å². The highest BCUT2D eigenvalue weighted by atomic mass is 16.5. The number of rotatable bonds is 7. The SMILES string of the molecule is CCOC(=O)CC=Cc1cc(C=O)cc(OC)c1OC. The summed E-state index contributed by atoms with van der Waals surface area (Å²) >= 11 is 0. The third kappa shape index (κ3) is 4.12. The summed E-state index contributed by atoms with van der Waals surface area (Å²) in [5, 5.41) is 0. The number of hydrogen-bond donors (Lipinski definition) is 0. The molecule has 5 heteroatoms. The van der Waals surface area contributed by atoms with Crippen molar-refractivity contribution in [2.24, 2.45) is 0 Å². The maximum absolute atomic E-state index is 11.2. The smallest absolute Gasteiger partial charge is 0.309 e. The predicted molar refractivity (Wildman–Crippen MR) is 75.2 cm³/mol. The van der Waals surface area contributed by atoms with Crippen LogP contribution in [0, 0.1) is 0 Å². The van der Waals surface area contributed by atoms with E-state index in [0.29, 0.717) is 29.2 Å². The number of benzene rings is 1. The quantitative estimate of drug-likeness (QED) is 0.566. The van der Waals surface area contributed by atoms with Gasteiger partial charge in [0, 0.05) is 11.1 Å². The summed E-state index contributed by atoms with van der Waals surface area (Å²) in [7, 11) is 3.01. The first kappa shape index (κ1) is 15.8. The number of aldehydes is 1. The summed E-state index contributed by atoms with van der Waals surface area (Å²) in [6.07, 6.45) is 4.24. The summed E-state index contributed by atoms with van der Waals surface area (Å²) < 4.78 is 15.3. The highest BCUT2D eigenvalue weighted by Gasteiger charge is 2.10. The maximum Gasteiger partial charge on any atom is 0.309 e. The molecule has 1 rings (SSSR count). The minimum absolute atomic E-state index is 0.157. The van der Waals surface area contributed by atoms with Crippen LogP contribution < -0.4 is 9.47 Å². The Kier molecular flexibility index (Phi) is 6.29. The normalized spacial score (nSPS) is 10.3. The van der Waals surface area contributed by atoms with Crippen LogP contribution in [0.1, 0.15) is 29.3 Å². The van der Waals surface area contributed by atoms with Crippen LogP contribution in [-0.2, 0) is 9.53 Å². The van der Waals surface area contributed by atoms with Gasteiger partial charge in [0.15, 0.2) is 11.5 Å². The lowest BCUT2D eigenvalue weighted by atomic mass is 10.1. The summed E-state index contributed by atoms with van der Waals surface area (Å²) in [5.74, 6) is 0.673. The van der Waals surface area contributed by atoms with Gasteiger partial charge in [-0.2, -0.15) is 0 Å². The van der Waals surface area contributed by atoms with Gasteiger partial charge < -0.3 is 14.2 Å². The molecule has 0 saturated heterocycles. The van der Waals surface area contributed by atoms with E-state index in [1.54, 1.807) is 31.2 Å². The first-order valence-electron chi connectivity index (χ1n) is 6.19. The summed E-state index contributed by atoms with van der Waals surface area (Å²) in [6, 6.07) is 3.25. The van der Waals surface area contributed by atoms with Crippen LogP contribution >= 0.6 is 0 Å². The van der Waals surface area contributed by atoms with Gasteiger partial charge in [-0.15, -0.1) is 0 Å². The van der Waals surface area contributed by atoms with Gasteiger partial charge in [-0.25, -0.2) is 0 Å². The van der Waals surface area contributed by atoms with Gasteiger partial charge >= 0.3 is 5.97 Å². The molecule has 0 heterocycles. The molecule has 5 nitrogen and oxygen atoms in total. The van der Waals surface area contributed by atoms with Crippen molar-refractivity contribution in [3.8, 4) is 11.5 Å². The molecule has 0 bridgehead atoms. The van der Waals surface area contributed by atoms with Crippen LogP contribution in [-0.4, -0.2) is 33.1 Å². The Labute approximate surface area is 118 Å². The van der Waals surface area contributed by atoms with Gasteiger partial charge in [0.25, 0.3) is 0 Å². The molecule has 0 aliphatic heterocycles. The second-order valence-corrected chi connectivity index (χ2v) is 3.88. The van der Waals surface area contributed by atoms with E-state index in [4.69, 9.17) is 14.2 Å². The standard InChI is InChI=1S/C15H18O5/c1-4-20-14(17)7-5-6-12-8-11(10-16)9-13(18-2)15(12)19-3/h5-6,8-10H,4,7H2,1-3H3. The van der Waals surface area contributed by atoms with Gasteiger partial charge in [0.2, 0.25) is 0 Å². The van der Waals surface area contributed by atoms with Crippen LogP contribution in [0.5, 0.6) is 11.5 Å². The van der Waals surface area contributed by atoms with E-state index in [1.807, 2.05) is 0 Å². The fourth-order valence-electron chi connectivity index (χ4n) is 1.71. The number of esters is 1. The molecule has 0 saturated carbocycles. The van der Waals surface area contributed by atoms with Crippen LogP contribution in [0.4, 0.5) is 0 Å². The molecule has 1 aromatic rings. The van der Waals surface area contributed by atoms with Gasteiger partial charge in [-0.1, -0.05) is 12.2 Å². The Morgan fingerprint density at radius 3 is 2.55 bits per heavy atom. The molecule has 0 unspecified atom stereocenters. The molecule has 0 N–H and O–H groups in total. The molecule has 0 atom stereocenters. The molecule has 108 valence electrons. The lowest BCUT2D eigenvalue weighted by molar-refractivity contribution is -0.142. The van der Waals surface area contributed by atoms with E-state index < -0.39 is 0 Å². The zero-order chi connectivity index (χ0) is 15.0. The van der Waals surface area contributed by atoms with E-state index in [-0.39, 0.29) is 12.4 Å². The Morgan fingerprint density at radius 2 is 2.00 bits per heavy atom. The lowest BCUT2D eigenvalue weighted by Crippen LogP contribution is -2.01. The summed E-state index contributed by atoms with van der Waals surface area (Å²) in [5.41, 5.74) is 1.14. The molecule has 20 heavy (non-hydrogen) atoms. The number of methoxy groups -OCH3 is 2. The first-order chi connectivity index (χ1) is 9.65. The molecule has 0 aliphatic carbocycles. The largest absolute Gasteiger partial charge is 0.493 e. The van der Waals surface area contributed by atoms with Gasteiger partial charge in [0.05, 0.1) is 27.2 Å². The second-order valence-electron chi connectivity index (χ2n) is 3.88. The number of carbonyl (C=O) groups is 2. The zero-order valence-corrected chi connectivity index (χ0v) is 11.8. The van der Waals surface area contributed by atoms with E-state index in [1.165, 1.54) is 14.2 Å². The van der Waals surface area contributed by atoms with Gasteiger partial charge in [0.1, 0.15) is 6.29 Å². The molecular weight excluding hydrogens is 260 g/mol. The van der Waals surface area contributed by atoms with Crippen molar-refractivity contribution >= 4 is 18.3 Å². The van der Waals surface area contributed by atoms with E-state index >= 15 is 0 Å². The highest BCUT2D eigenvalue weighted by Crippen LogP contribution is 2.33. The number of ether oxygens (including phenoxy) is 3. The van der Waals surface area contributed by atoms with Crippen LogP contribution in [0.3, 0.4) is 0 Å². The third-order valence-corrected chi connectivity index (χ3v) is 2.55. The fourth-order valence-corrected chi connectivity index (χ4v) is 1.71. The van der Waals surface area contributed by atoms with Crippen molar-refractivity contribution < 1.29 is 23.8 Å². The van der Waals surface area contributed by atoms with E-state index in [9.17, 15) is 9.59 Å². The molecule has 0 aliphatic rings. The van der Waals surface area contributed by atoms with Crippen LogP contribution in [0.15, 0.2) is 18.2 Å². The summed E-state index contributed by atoms with van der Waals surface area (Å²) in [4.78, 5) is 22.1. The minimum Gasteiger partial charge on any atom is -0.493 e. The Morgan fingerprint density at radius 1 is 1.25 bits per heavy atom. The molecule has 0 amide bonds. The molecule has 0 fully saturated rings. The second kappa shape index (κ2) is 7.99. The number of hydrogen-bond acceptors (Lipinski definition) is 5. The average molecular weight is 278 g/mol. The monoisotopic (exact) mass is 278 g/mol. The molecule has 0 aromatic heterocycles. The van der Waals surface area contributed by atoms with Gasteiger partial charge in [-0.05, 0) is 19.1 Å². The van der Waals surface area contributed by atoms with E-state index in [0.717, 1.165) is 6.29 Å². The van der Waals surface area contributed by atoms with Crippen molar-refractivity contribution in [1.82, 2.24) is 0 Å². The molecular formula is C15H18O5. The number of carbonyl (C=O) groups excluding carboxylic acids is 2. The van der Waals surface area contributed by atoms with Crippen molar-refractivity contribution in [2.75, 3.05) is 20.8 Å². The van der Waals surface area contributed by atoms with Crippen molar-refractivity contribution in [1.29, 1.82) is 0 Å². The maximum atomic E-state index is 11.2. The molecule has 0 spiro atoms. The summed E-state index contributed by atoms with van der Waals surface area (Å²) in [6.45, 7) is 2.10. The van der Waals surface area contributed by atoms with Crippen molar-refractivity contribution in [3.63, 3.8) is 0 Å².